The maximum Gasteiger partial charge on any atom is 0.307 e. The lowest BCUT2D eigenvalue weighted by Gasteiger charge is -2.21. The molecule has 0 saturated carbocycles. The van der Waals surface area contributed by atoms with Crippen LogP contribution in [-0.4, -0.2) is 36.2 Å². The van der Waals surface area contributed by atoms with Gasteiger partial charge in [0.05, 0.1) is 6.42 Å². The number of esters is 1. The molecule has 0 heterocycles. The molecular weight excluding hydrogens is 210 g/mol. The van der Waals surface area contributed by atoms with Crippen molar-refractivity contribution in [3.05, 3.63) is 0 Å². The number of rotatable bonds is 6. The zero-order valence-electron chi connectivity index (χ0n) is 10.4. The van der Waals surface area contributed by atoms with Gasteiger partial charge in [0.25, 0.3) is 0 Å². The van der Waals surface area contributed by atoms with E-state index < -0.39 is 0 Å². The fraction of sp³-hybridized carbons (Fsp3) is 0.909. The normalized spacial score (nSPS) is 13.7. The van der Waals surface area contributed by atoms with Crippen LogP contribution in [0.2, 0.25) is 0 Å². The third kappa shape index (κ3) is 10.1. The van der Waals surface area contributed by atoms with E-state index in [1.807, 2.05) is 27.7 Å². The zero-order valence-corrected chi connectivity index (χ0v) is 11.2. The van der Waals surface area contributed by atoms with E-state index in [1.165, 1.54) is 0 Å². The minimum absolute atomic E-state index is 0.133. The first kappa shape index (κ1) is 14.8. The zero-order chi connectivity index (χ0) is 11.9. The van der Waals surface area contributed by atoms with E-state index in [-0.39, 0.29) is 17.6 Å². The second kappa shape index (κ2) is 7.12. The largest absolute Gasteiger partial charge is 0.460 e. The van der Waals surface area contributed by atoms with Gasteiger partial charge in [0.1, 0.15) is 5.60 Å². The molecular formula is C11H23NO2S. The van der Waals surface area contributed by atoms with Gasteiger partial charge < -0.3 is 10.1 Å². The molecule has 90 valence electrons. The standard InChI is InChI=1S/C11H23NO2S/c1-9(12-6-7-15-5)8-10(13)14-11(2,3)4/h9,12H,6-8H2,1-5H3. The smallest absolute Gasteiger partial charge is 0.307 e. The van der Waals surface area contributed by atoms with Crippen LogP contribution in [0.4, 0.5) is 0 Å². The maximum atomic E-state index is 11.4. The first-order valence-electron chi connectivity index (χ1n) is 5.29. The van der Waals surface area contributed by atoms with Crippen LogP contribution in [-0.2, 0) is 9.53 Å². The van der Waals surface area contributed by atoms with Crippen molar-refractivity contribution in [2.45, 2.75) is 45.8 Å². The monoisotopic (exact) mass is 233 g/mol. The average Bonchev–Trinajstić information content (AvgIpc) is 2.00. The van der Waals surface area contributed by atoms with Gasteiger partial charge in [0, 0.05) is 18.3 Å². The summed E-state index contributed by atoms with van der Waals surface area (Å²) in [7, 11) is 0. The summed E-state index contributed by atoms with van der Waals surface area (Å²) >= 11 is 1.79. The Hall–Kier alpha value is -0.220. The number of carbonyl (C=O) groups is 1. The molecule has 0 fully saturated rings. The van der Waals surface area contributed by atoms with Gasteiger partial charge in [-0.15, -0.1) is 0 Å². The van der Waals surface area contributed by atoms with Crippen molar-refractivity contribution in [1.29, 1.82) is 0 Å². The molecule has 0 spiro atoms. The SMILES string of the molecule is CSCCNC(C)CC(=O)OC(C)(C)C. The van der Waals surface area contributed by atoms with Gasteiger partial charge >= 0.3 is 5.97 Å². The lowest BCUT2D eigenvalue weighted by atomic mass is 10.2. The van der Waals surface area contributed by atoms with E-state index in [1.54, 1.807) is 11.8 Å². The van der Waals surface area contributed by atoms with Crippen molar-refractivity contribution in [1.82, 2.24) is 5.32 Å². The molecule has 0 bridgehead atoms. The van der Waals surface area contributed by atoms with Crippen molar-refractivity contribution in [3.8, 4) is 0 Å². The molecule has 0 rings (SSSR count). The molecule has 1 N–H and O–H groups in total. The van der Waals surface area contributed by atoms with E-state index in [0.717, 1.165) is 12.3 Å². The maximum absolute atomic E-state index is 11.4. The summed E-state index contributed by atoms with van der Waals surface area (Å²) in [5, 5.41) is 3.28. The molecule has 0 aliphatic carbocycles. The van der Waals surface area contributed by atoms with Crippen LogP contribution < -0.4 is 5.32 Å². The van der Waals surface area contributed by atoms with Crippen LogP contribution in [0.25, 0.3) is 0 Å². The van der Waals surface area contributed by atoms with Crippen LogP contribution in [0.1, 0.15) is 34.1 Å². The highest BCUT2D eigenvalue weighted by atomic mass is 32.2. The summed E-state index contributed by atoms with van der Waals surface area (Å²) < 4.78 is 5.23. The van der Waals surface area contributed by atoms with Crippen LogP contribution in [0.15, 0.2) is 0 Å². The van der Waals surface area contributed by atoms with E-state index in [9.17, 15) is 4.79 Å². The van der Waals surface area contributed by atoms with Crippen LogP contribution in [0, 0.1) is 0 Å². The molecule has 0 amide bonds. The predicted octanol–water partition coefficient (Wildman–Crippen LogP) is 2.06. The summed E-state index contributed by atoms with van der Waals surface area (Å²) in [5.41, 5.74) is -0.379. The number of nitrogens with one attached hydrogen (secondary N) is 1. The van der Waals surface area contributed by atoms with Gasteiger partial charge in [-0.1, -0.05) is 0 Å². The Bertz CT molecular complexity index is 190. The first-order valence-corrected chi connectivity index (χ1v) is 6.68. The molecule has 0 aromatic heterocycles. The van der Waals surface area contributed by atoms with E-state index in [0.29, 0.717) is 6.42 Å². The van der Waals surface area contributed by atoms with Crippen molar-refractivity contribution in [2.75, 3.05) is 18.6 Å². The Morgan fingerprint density at radius 3 is 2.53 bits per heavy atom. The van der Waals surface area contributed by atoms with Gasteiger partial charge in [-0.25, -0.2) is 0 Å². The molecule has 1 atom stereocenters. The van der Waals surface area contributed by atoms with Gasteiger partial charge in [0.15, 0.2) is 0 Å². The summed E-state index contributed by atoms with van der Waals surface area (Å²) in [5.74, 6) is 0.935. The number of ether oxygens (including phenoxy) is 1. The quantitative estimate of drug-likeness (QED) is 0.563. The Morgan fingerprint density at radius 1 is 1.47 bits per heavy atom. The van der Waals surface area contributed by atoms with Crippen molar-refractivity contribution >= 4 is 17.7 Å². The van der Waals surface area contributed by atoms with Crippen molar-refractivity contribution in [3.63, 3.8) is 0 Å². The molecule has 0 aromatic rings. The Balaban J connectivity index is 3.67. The second-order valence-corrected chi connectivity index (χ2v) is 5.62. The topological polar surface area (TPSA) is 38.3 Å². The van der Waals surface area contributed by atoms with Crippen molar-refractivity contribution < 1.29 is 9.53 Å². The fourth-order valence-corrected chi connectivity index (χ4v) is 1.43. The van der Waals surface area contributed by atoms with Gasteiger partial charge in [-0.05, 0) is 34.0 Å². The molecule has 3 nitrogen and oxygen atoms in total. The van der Waals surface area contributed by atoms with Crippen LogP contribution >= 0.6 is 11.8 Å². The van der Waals surface area contributed by atoms with E-state index in [2.05, 4.69) is 11.6 Å². The van der Waals surface area contributed by atoms with Gasteiger partial charge in [-0.3, -0.25) is 4.79 Å². The molecule has 0 saturated heterocycles. The third-order valence-corrected chi connectivity index (χ3v) is 2.30. The Kier molecular flexibility index (Phi) is 7.02. The lowest BCUT2D eigenvalue weighted by Crippen LogP contribution is -2.33. The number of carbonyl (C=O) groups excluding carboxylic acids is 1. The van der Waals surface area contributed by atoms with E-state index >= 15 is 0 Å². The van der Waals surface area contributed by atoms with E-state index in [4.69, 9.17) is 4.74 Å². The predicted molar refractivity (Wildman–Crippen MR) is 66.3 cm³/mol. The number of hydrogen-bond acceptors (Lipinski definition) is 4. The molecule has 1 unspecified atom stereocenters. The fourth-order valence-electron chi connectivity index (χ4n) is 1.11. The molecule has 0 aliphatic heterocycles. The highest BCUT2D eigenvalue weighted by Crippen LogP contribution is 2.09. The minimum atomic E-state index is -0.379. The minimum Gasteiger partial charge on any atom is -0.460 e. The highest BCUT2D eigenvalue weighted by Gasteiger charge is 2.17. The first-order chi connectivity index (χ1) is 6.85. The molecule has 0 radical (unpaired) electrons. The van der Waals surface area contributed by atoms with Crippen molar-refractivity contribution in [2.24, 2.45) is 0 Å². The number of thioether (sulfide) groups is 1. The van der Waals surface area contributed by atoms with Crippen LogP contribution in [0.3, 0.4) is 0 Å². The molecule has 0 aromatic carbocycles. The summed E-state index contributed by atoms with van der Waals surface area (Å²) in [6, 6.07) is 0.187. The molecule has 4 heteroatoms. The van der Waals surface area contributed by atoms with Gasteiger partial charge in [0.2, 0.25) is 0 Å². The lowest BCUT2D eigenvalue weighted by molar-refractivity contribution is -0.155. The summed E-state index contributed by atoms with van der Waals surface area (Å²) in [4.78, 5) is 11.4. The number of hydrogen-bond donors (Lipinski definition) is 1. The summed E-state index contributed by atoms with van der Waals surface area (Å²) in [6.45, 7) is 8.60. The highest BCUT2D eigenvalue weighted by molar-refractivity contribution is 7.98. The Labute approximate surface area is 97.3 Å². The van der Waals surface area contributed by atoms with Crippen LogP contribution in [0.5, 0.6) is 0 Å². The summed E-state index contributed by atoms with van der Waals surface area (Å²) in [6.07, 6.45) is 2.51. The second-order valence-electron chi connectivity index (χ2n) is 4.64. The Morgan fingerprint density at radius 2 is 2.07 bits per heavy atom. The third-order valence-electron chi connectivity index (χ3n) is 1.69. The molecule has 15 heavy (non-hydrogen) atoms. The van der Waals surface area contributed by atoms with Gasteiger partial charge in [-0.2, -0.15) is 11.8 Å². The molecule has 0 aliphatic rings. The average molecular weight is 233 g/mol.